The van der Waals surface area contributed by atoms with Gasteiger partial charge >= 0.3 is 0 Å². The summed E-state index contributed by atoms with van der Waals surface area (Å²) in [5, 5.41) is 3.52. The highest BCUT2D eigenvalue weighted by Crippen LogP contribution is 2.32. The van der Waals surface area contributed by atoms with Crippen molar-refractivity contribution in [3.63, 3.8) is 0 Å². The highest BCUT2D eigenvalue weighted by molar-refractivity contribution is 9.10. The van der Waals surface area contributed by atoms with Crippen LogP contribution in [-0.2, 0) is 4.74 Å². The van der Waals surface area contributed by atoms with Gasteiger partial charge in [-0.05, 0) is 43.4 Å². The Hall–Kier alpha value is -0.380. The molecule has 2 rings (SSSR count). The van der Waals surface area contributed by atoms with Crippen LogP contribution in [0, 0.1) is 5.92 Å². The average molecular weight is 354 g/mol. The smallest absolute Gasteiger partial charge is 0.0963 e. The van der Waals surface area contributed by atoms with Crippen LogP contribution in [0.2, 0.25) is 0 Å². The van der Waals surface area contributed by atoms with Crippen LogP contribution in [0.15, 0.2) is 28.7 Å². The summed E-state index contributed by atoms with van der Waals surface area (Å²) in [6.07, 6.45) is 6.78. The molecule has 118 valence electrons. The second kappa shape index (κ2) is 8.92. The molecule has 0 bridgehead atoms. The third-order valence-electron chi connectivity index (χ3n) is 4.25. The van der Waals surface area contributed by atoms with Gasteiger partial charge in [-0.15, -0.1) is 0 Å². The number of hydrogen-bond donors (Lipinski definition) is 1. The zero-order valence-corrected chi connectivity index (χ0v) is 14.9. The van der Waals surface area contributed by atoms with E-state index in [1.165, 1.54) is 31.2 Å². The molecule has 1 aliphatic rings. The highest BCUT2D eigenvalue weighted by atomic mass is 79.9. The maximum atomic E-state index is 6.48. The van der Waals surface area contributed by atoms with Crippen molar-refractivity contribution >= 4 is 15.9 Å². The Balaban J connectivity index is 2.03. The van der Waals surface area contributed by atoms with Gasteiger partial charge in [-0.3, -0.25) is 0 Å². The molecule has 1 N–H and O–H groups in total. The Labute approximate surface area is 137 Å². The van der Waals surface area contributed by atoms with Gasteiger partial charge in [-0.1, -0.05) is 60.8 Å². The third kappa shape index (κ3) is 5.39. The molecular formula is C18H28BrNO. The first kappa shape index (κ1) is 17.0. The quantitative estimate of drug-likeness (QED) is 0.689. The minimum Gasteiger partial charge on any atom is -0.369 e. The van der Waals surface area contributed by atoms with Gasteiger partial charge < -0.3 is 10.1 Å². The van der Waals surface area contributed by atoms with E-state index < -0.39 is 0 Å². The Bertz CT molecular complexity index is 423. The zero-order chi connectivity index (χ0) is 15.1. The minimum absolute atomic E-state index is 0.141. The van der Waals surface area contributed by atoms with E-state index in [1.54, 1.807) is 0 Å². The molecule has 0 aliphatic heterocycles. The van der Waals surface area contributed by atoms with Crippen molar-refractivity contribution < 1.29 is 4.74 Å². The van der Waals surface area contributed by atoms with Gasteiger partial charge in [0.25, 0.3) is 0 Å². The molecule has 3 heteroatoms. The van der Waals surface area contributed by atoms with Crippen molar-refractivity contribution in [2.75, 3.05) is 13.1 Å². The summed E-state index contributed by atoms with van der Waals surface area (Å²) in [5.41, 5.74) is 1.26. The molecule has 1 aromatic carbocycles. The van der Waals surface area contributed by atoms with Gasteiger partial charge in [0.1, 0.15) is 0 Å². The molecule has 1 saturated carbocycles. The van der Waals surface area contributed by atoms with Crippen LogP contribution >= 0.6 is 15.9 Å². The van der Waals surface area contributed by atoms with Gasteiger partial charge in [-0.2, -0.15) is 0 Å². The second-order valence-electron chi connectivity index (χ2n) is 6.24. The number of rotatable bonds is 7. The van der Waals surface area contributed by atoms with E-state index in [1.807, 2.05) is 0 Å². The monoisotopic (exact) mass is 353 g/mol. The topological polar surface area (TPSA) is 21.3 Å². The van der Waals surface area contributed by atoms with Gasteiger partial charge in [0, 0.05) is 11.0 Å². The Morgan fingerprint density at radius 1 is 1.33 bits per heavy atom. The van der Waals surface area contributed by atoms with E-state index in [4.69, 9.17) is 4.74 Å². The predicted molar refractivity (Wildman–Crippen MR) is 92.5 cm³/mol. The average Bonchev–Trinajstić information content (AvgIpc) is 2.47. The molecule has 1 fully saturated rings. The lowest BCUT2D eigenvalue weighted by atomic mass is 9.88. The van der Waals surface area contributed by atoms with E-state index in [2.05, 4.69) is 59.4 Å². The summed E-state index contributed by atoms with van der Waals surface area (Å²) in [6, 6.07) is 8.44. The summed E-state index contributed by atoms with van der Waals surface area (Å²) in [7, 11) is 0. The first-order valence-electron chi connectivity index (χ1n) is 8.31. The summed E-state index contributed by atoms with van der Waals surface area (Å²) < 4.78 is 7.63. The molecule has 21 heavy (non-hydrogen) atoms. The molecule has 0 amide bonds. The lowest BCUT2D eigenvalue weighted by molar-refractivity contribution is -0.0397. The fourth-order valence-electron chi connectivity index (χ4n) is 3.11. The normalized spacial score (nSPS) is 24.0. The van der Waals surface area contributed by atoms with Crippen molar-refractivity contribution in [1.82, 2.24) is 5.32 Å². The highest BCUT2D eigenvalue weighted by Gasteiger charge is 2.24. The summed E-state index contributed by atoms with van der Waals surface area (Å²) >= 11 is 3.67. The minimum atomic E-state index is 0.141. The van der Waals surface area contributed by atoms with E-state index in [-0.39, 0.29) is 6.10 Å². The fourth-order valence-corrected chi connectivity index (χ4v) is 3.65. The number of halogens is 1. The predicted octanol–water partition coefficient (Wildman–Crippen LogP) is 5.09. The van der Waals surface area contributed by atoms with E-state index >= 15 is 0 Å². The van der Waals surface area contributed by atoms with Gasteiger partial charge in [0.15, 0.2) is 0 Å². The number of benzene rings is 1. The molecule has 0 spiro atoms. The molecule has 1 aliphatic carbocycles. The maximum Gasteiger partial charge on any atom is 0.0963 e. The second-order valence-corrected chi connectivity index (χ2v) is 7.10. The van der Waals surface area contributed by atoms with Crippen LogP contribution in [0.5, 0.6) is 0 Å². The van der Waals surface area contributed by atoms with Crippen LogP contribution < -0.4 is 5.32 Å². The molecule has 0 heterocycles. The Morgan fingerprint density at radius 3 is 2.86 bits per heavy atom. The molecule has 3 unspecified atom stereocenters. The standard InChI is InChI=1S/C18H28BrNO/c1-3-11-20-13-18(16-9-4-5-10-17(16)19)21-15-8-6-7-14(2)12-15/h4-5,9-10,14-15,18,20H,3,6-8,11-13H2,1-2H3. The van der Waals surface area contributed by atoms with Crippen LogP contribution in [0.3, 0.4) is 0 Å². The van der Waals surface area contributed by atoms with Crippen LogP contribution in [-0.4, -0.2) is 19.2 Å². The summed E-state index contributed by atoms with van der Waals surface area (Å²) in [4.78, 5) is 0. The number of nitrogens with one attached hydrogen (secondary N) is 1. The molecule has 3 atom stereocenters. The maximum absolute atomic E-state index is 6.48. The first-order chi connectivity index (χ1) is 10.2. The van der Waals surface area contributed by atoms with Crippen molar-refractivity contribution in [2.24, 2.45) is 5.92 Å². The largest absolute Gasteiger partial charge is 0.369 e. The van der Waals surface area contributed by atoms with Crippen molar-refractivity contribution in [1.29, 1.82) is 0 Å². The van der Waals surface area contributed by atoms with E-state index in [0.717, 1.165) is 29.9 Å². The van der Waals surface area contributed by atoms with Gasteiger partial charge in [0.05, 0.1) is 12.2 Å². The lowest BCUT2D eigenvalue weighted by Gasteiger charge is -2.31. The molecular weight excluding hydrogens is 326 g/mol. The van der Waals surface area contributed by atoms with Crippen LogP contribution in [0.25, 0.3) is 0 Å². The molecule has 0 radical (unpaired) electrons. The van der Waals surface area contributed by atoms with Crippen molar-refractivity contribution in [3.8, 4) is 0 Å². The first-order valence-corrected chi connectivity index (χ1v) is 9.10. The summed E-state index contributed by atoms with van der Waals surface area (Å²) in [6.45, 7) is 6.48. The molecule has 0 saturated heterocycles. The fraction of sp³-hybridized carbons (Fsp3) is 0.667. The van der Waals surface area contributed by atoms with E-state index in [0.29, 0.717) is 6.10 Å². The Morgan fingerprint density at radius 2 is 2.14 bits per heavy atom. The lowest BCUT2D eigenvalue weighted by Crippen LogP contribution is -2.30. The van der Waals surface area contributed by atoms with Crippen LogP contribution in [0.4, 0.5) is 0 Å². The van der Waals surface area contributed by atoms with Gasteiger partial charge in [-0.25, -0.2) is 0 Å². The zero-order valence-electron chi connectivity index (χ0n) is 13.3. The van der Waals surface area contributed by atoms with Crippen molar-refractivity contribution in [3.05, 3.63) is 34.3 Å². The third-order valence-corrected chi connectivity index (χ3v) is 4.98. The van der Waals surface area contributed by atoms with Gasteiger partial charge in [0.2, 0.25) is 0 Å². The Kier molecular flexibility index (Phi) is 7.21. The number of hydrogen-bond acceptors (Lipinski definition) is 2. The number of ether oxygens (including phenoxy) is 1. The molecule has 1 aromatic rings. The SMILES string of the molecule is CCCNCC(OC1CCCC(C)C1)c1ccccc1Br. The van der Waals surface area contributed by atoms with Crippen molar-refractivity contribution in [2.45, 2.75) is 58.2 Å². The molecule has 0 aromatic heterocycles. The molecule has 2 nitrogen and oxygen atoms in total. The van der Waals surface area contributed by atoms with E-state index in [9.17, 15) is 0 Å². The van der Waals surface area contributed by atoms with Crippen LogP contribution in [0.1, 0.15) is 57.6 Å². The summed E-state index contributed by atoms with van der Waals surface area (Å²) in [5.74, 6) is 0.798.